The summed E-state index contributed by atoms with van der Waals surface area (Å²) in [6.45, 7) is 0.469. The molecule has 0 unspecified atom stereocenters. The topological polar surface area (TPSA) is 58.2 Å². The number of nitrogens with one attached hydrogen (secondary N) is 2. The summed E-state index contributed by atoms with van der Waals surface area (Å²) in [5.41, 5.74) is -0.240. The molecule has 4 heteroatoms. The fourth-order valence-corrected chi connectivity index (χ4v) is 2.82. The molecular formula is C16H22N2O2. The molecule has 0 heterocycles. The first kappa shape index (κ1) is 16.1. The Morgan fingerprint density at radius 2 is 1.35 bits per heavy atom. The predicted octanol–water partition coefficient (Wildman–Crippen LogP) is 1.22. The van der Waals surface area contributed by atoms with Gasteiger partial charge in [-0.25, -0.2) is 0 Å². The van der Waals surface area contributed by atoms with Gasteiger partial charge >= 0.3 is 0 Å². The van der Waals surface area contributed by atoms with Gasteiger partial charge in [-0.15, -0.1) is 12.8 Å². The van der Waals surface area contributed by atoms with Crippen molar-refractivity contribution in [1.29, 1.82) is 0 Å². The van der Waals surface area contributed by atoms with Gasteiger partial charge in [0.15, 0.2) is 0 Å². The van der Waals surface area contributed by atoms with Crippen LogP contribution in [0.2, 0.25) is 0 Å². The average Bonchev–Trinajstić information content (AvgIpc) is 2.43. The summed E-state index contributed by atoms with van der Waals surface area (Å²) in [7, 11) is 0. The molecule has 0 radical (unpaired) electrons. The Balaban J connectivity index is 2.62. The van der Waals surface area contributed by atoms with Crippen molar-refractivity contribution in [3.8, 4) is 24.7 Å². The third kappa shape index (κ3) is 5.36. The zero-order valence-electron chi connectivity index (χ0n) is 11.8. The van der Waals surface area contributed by atoms with Crippen molar-refractivity contribution in [3.05, 3.63) is 0 Å². The first-order valence-corrected chi connectivity index (χ1v) is 7.02. The molecule has 0 spiro atoms. The van der Waals surface area contributed by atoms with Crippen molar-refractivity contribution in [3.63, 3.8) is 0 Å². The third-order valence-corrected chi connectivity index (χ3v) is 3.76. The zero-order chi connectivity index (χ0) is 14.8. The van der Waals surface area contributed by atoms with Gasteiger partial charge < -0.3 is 10.6 Å². The molecule has 1 aliphatic rings. The van der Waals surface area contributed by atoms with Gasteiger partial charge in [-0.2, -0.15) is 0 Å². The van der Waals surface area contributed by atoms with Gasteiger partial charge in [0.05, 0.1) is 13.1 Å². The second-order valence-electron chi connectivity index (χ2n) is 5.38. The highest BCUT2D eigenvalue weighted by Crippen LogP contribution is 2.42. The van der Waals surface area contributed by atoms with Gasteiger partial charge in [-0.3, -0.25) is 9.59 Å². The van der Waals surface area contributed by atoms with E-state index in [1.54, 1.807) is 0 Å². The van der Waals surface area contributed by atoms with E-state index in [1.165, 1.54) is 6.42 Å². The second-order valence-corrected chi connectivity index (χ2v) is 5.38. The van der Waals surface area contributed by atoms with E-state index in [0.29, 0.717) is 12.8 Å². The van der Waals surface area contributed by atoms with E-state index in [1.807, 2.05) is 0 Å². The summed E-state index contributed by atoms with van der Waals surface area (Å²) < 4.78 is 0. The molecule has 0 aromatic heterocycles. The molecule has 4 nitrogen and oxygen atoms in total. The monoisotopic (exact) mass is 274 g/mol. The van der Waals surface area contributed by atoms with Crippen molar-refractivity contribution in [2.24, 2.45) is 5.41 Å². The van der Waals surface area contributed by atoms with E-state index in [2.05, 4.69) is 22.5 Å². The number of hydrogen-bond donors (Lipinski definition) is 2. The zero-order valence-corrected chi connectivity index (χ0v) is 11.8. The molecule has 0 aromatic carbocycles. The van der Waals surface area contributed by atoms with E-state index in [4.69, 9.17) is 12.8 Å². The largest absolute Gasteiger partial charge is 0.345 e. The molecule has 1 fully saturated rings. The average molecular weight is 274 g/mol. The maximum atomic E-state index is 11.9. The number of hydrogen-bond acceptors (Lipinski definition) is 2. The van der Waals surface area contributed by atoms with Crippen LogP contribution in [0.5, 0.6) is 0 Å². The molecule has 0 saturated heterocycles. The molecular weight excluding hydrogens is 252 g/mol. The van der Waals surface area contributed by atoms with Crippen LogP contribution in [0.4, 0.5) is 0 Å². The van der Waals surface area contributed by atoms with Gasteiger partial charge in [0.25, 0.3) is 0 Å². The van der Waals surface area contributed by atoms with Gasteiger partial charge in [-0.05, 0) is 18.3 Å². The van der Waals surface area contributed by atoms with Gasteiger partial charge in [-0.1, -0.05) is 31.1 Å². The van der Waals surface area contributed by atoms with Crippen molar-refractivity contribution < 1.29 is 9.59 Å². The lowest BCUT2D eigenvalue weighted by atomic mass is 9.69. The Morgan fingerprint density at radius 1 is 0.900 bits per heavy atom. The van der Waals surface area contributed by atoms with Crippen molar-refractivity contribution >= 4 is 11.8 Å². The fraction of sp³-hybridized carbons (Fsp3) is 0.625. The highest BCUT2D eigenvalue weighted by molar-refractivity contribution is 5.80. The molecule has 1 saturated carbocycles. The van der Waals surface area contributed by atoms with Crippen LogP contribution in [0.25, 0.3) is 0 Å². The quantitative estimate of drug-likeness (QED) is 0.715. The Hall–Kier alpha value is -1.94. The lowest BCUT2D eigenvalue weighted by Gasteiger charge is -2.36. The number of carbonyl (C=O) groups is 2. The first-order valence-electron chi connectivity index (χ1n) is 7.02. The Bertz CT molecular complexity index is 389. The van der Waals surface area contributed by atoms with Gasteiger partial charge in [0, 0.05) is 12.8 Å². The molecule has 0 aromatic rings. The highest BCUT2D eigenvalue weighted by atomic mass is 16.2. The molecule has 0 bridgehead atoms. The Kier molecular flexibility index (Phi) is 6.67. The number of carbonyl (C=O) groups excluding carboxylic acids is 2. The number of rotatable bonds is 6. The summed E-state index contributed by atoms with van der Waals surface area (Å²) in [5.74, 6) is 4.62. The van der Waals surface area contributed by atoms with E-state index in [9.17, 15) is 9.59 Å². The summed E-state index contributed by atoms with van der Waals surface area (Å²) in [5, 5.41) is 5.36. The van der Waals surface area contributed by atoms with Crippen LogP contribution >= 0.6 is 0 Å². The maximum absolute atomic E-state index is 11.9. The highest BCUT2D eigenvalue weighted by Gasteiger charge is 2.36. The van der Waals surface area contributed by atoms with Crippen LogP contribution in [0.3, 0.4) is 0 Å². The molecule has 20 heavy (non-hydrogen) atoms. The lowest BCUT2D eigenvalue weighted by Crippen LogP contribution is -2.38. The smallest absolute Gasteiger partial charge is 0.221 e. The third-order valence-electron chi connectivity index (χ3n) is 3.76. The van der Waals surface area contributed by atoms with Crippen LogP contribution in [-0.2, 0) is 9.59 Å². The SMILES string of the molecule is C#CCNC(=O)CC1(CC(=O)NCC#C)CCCCC1. The maximum Gasteiger partial charge on any atom is 0.221 e. The predicted molar refractivity (Wildman–Crippen MR) is 78.4 cm³/mol. The van der Waals surface area contributed by atoms with Crippen molar-refractivity contribution in [1.82, 2.24) is 10.6 Å². The van der Waals surface area contributed by atoms with Crippen LogP contribution < -0.4 is 10.6 Å². The Labute approximate surface area is 121 Å². The number of terminal acetylenes is 2. The molecule has 2 amide bonds. The molecule has 1 aliphatic carbocycles. The second kappa shape index (κ2) is 8.27. The van der Waals surface area contributed by atoms with Crippen LogP contribution in [0.15, 0.2) is 0 Å². The van der Waals surface area contributed by atoms with Crippen molar-refractivity contribution in [2.75, 3.05) is 13.1 Å². The molecule has 0 aliphatic heterocycles. The molecule has 108 valence electrons. The van der Waals surface area contributed by atoms with Crippen molar-refractivity contribution in [2.45, 2.75) is 44.9 Å². The first-order chi connectivity index (χ1) is 9.62. The molecule has 2 N–H and O–H groups in total. The van der Waals surface area contributed by atoms with Crippen LogP contribution in [-0.4, -0.2) is 24.9 Å². The minimum Gasteiger partial charge on any atom is -0.345 e. The standard InChI is InChI=1S/C16H22N2O2/c1-3-10-17-14(19)12-16(8-6-5-7-9-16)13-15(20)18-11-4-2/h1-2H,5-13H2,(H,17,19)(H,18,20). The fourth-order valence-electron chi connectivity index (χ4n) is 2.82. The minimum atomic E-state index is -0.240. The summed E-state index contributed by atoms with van der Waals surface area (Å²) in [6, 6.07) is 0. The number of amides is 2. The van der Waals surface area contributed by atoms with E-state index < -0.39 is 0 Å². The van der Waals surface area contributed by atoms with Crippen LogP contribution in [0.1, 0.15) is 44.9 Å². The summed E-state index contributed by atoms with van der Waals surface area (Å²) in [6.07, 6.45) is 16.1. The summed E-state index contributed by atoms with van der Waals surface area (Å²) >= 11 is 0. The van der Waals surface area contributed by atoms with E-state index >= 15 is 0 Å². The van der Waals surface area contributed by atoms with Gasteiger partial charge in [0.2, 0.25) is 11.8 Å². The normalized spacial score (nSPS) is 16.5. The summed E-state index contributed by atoms with van der Waals surface area (Å²) in [4.78, 5) is 23.8. The Morgan fingerprint density at radius 3 is 1.75 bits per heavy atom. The lowest BCUT2D eigenvalue weighted by molar-refractivity contribution is -0.127. The van der Waals surface area contributed by atoms with E-state index in [0.717, 1.165) is 25.7 Å². The van der Waals surface area contributed by atoms with E-state index in [-0.39, 0.29) is 30.3 Å². The molecule has 0 atom stereocenters. The molecule has 1 rings (SSSR count). The van der Waals surface area contributed by atoms with Crippen LogP contribution in [0, 0.1) is 30.1 Å². The van der Waals surface area contributed by atoms with Gasteiger partial charge in [0.1, 0.15) is 0 Å². The minimum absolute atomic E-state index is 0.0744.